The largest absolute Gasteiger partial charge is 0.227 e. The third kappa shape index (κ3) is 2.76. The van der Waals surface area contributed by atoms with E-state index in [0.29, 0.717) is 32.0 Å². The second-order valence-corrected chi connectivity index (χ2v) is 6.64. The minimum atomic E-state index is 0.319. The van der Waals surface area contributed by atoms with Gasteiger partial charge in [-0.05, 0) is 36.8 Å². The molecule has 0 aliphatic carbocycles. The number of aryl methyl sites for hydroxylation is 1. The summed E-state index contributed by atoms with van der Waals surface area (Å²) in [4.78, 5) is 8.92. The van der Waals surface area contributed by atoms with Crippen molar-refractivity contribution in [2.24, 2.45) is 0 Å². The number of rotatable bonds is 1. The van der Waals surface area contributed by atoms with Gasteiger partial charge in [0, 0.05) is 10.0 Å². The maximum atomic E-state index is 6.29. The zero-order chi connectivity index (χ0) is 15.1. The maximum Gasteiger partial charge on any atom is 0.163 e. The highest BCUT2D eigenvalue weighted by Crippen LogP contribution is 2.34. The van der Waals surface area contributed by atoms with Gasteiger partial charge >= 0.3 is 0 Å². The van der Waals surface area contributed by atoms with Crippen molar-refractivity contribution in [3.05, 3.63) is 55.6 Å². The number of fused-ring (bicyclic) bond motifs is 1. The second kappa shape index (κ2) is 5.73. The Morgan fingerprint density at radius 3 is 2.43 bits per heavy atom. The van der Waals surface area contributed by atoms with Gasteiger partial charge in [0.2, 0.25) is 0 Å². The zero-order valence-electron chi connectivity index (χ0n) is 10.8. The molecule has 106 valence electrons. The topological polar surface area (TPSA) is 25.8 Å². The highest BCUT2D eigenvalue weighted by atomic mass is 79.9. The van der Waals surface area contributed by atoms with E-state index < -0.39 is 0 Å². The Hall–Kier alpha value is -0.870. The van der Waals surface area contributed by atoms with Crippen LogP contribution in [-0.4, -0.2) is 9.97 Å². The SMILES string of the molecule is Cc1ccc(Cl)c2c(Cl)nc(-c3cc(Br)ccc3Cl)nc12. The first kappa shape index (κ1) is 15.0. The summed E-state index contributed by atoms with van der Waals surface area (Å²) < 4.78 is 0.893. The van der Waals surface area contributed by atoms with Crippen LogP contribution in [0.5, 0.6) is 0 Å². The molecule has 0 N–H and O–H groups in total. The summed E-state index contributed by atoms with van der Waals surface area (Å²) in [5.74, 6) is 0.476. The fourth-order valence-electron chi connectivity index (χ4n) is 2.08. The molecule has 1 aromatic heterocycles. The first-order chi connectivity index (χ1) is 9.97. The molecule has 0 atom stereocenters. The molecule has 0 radical (unpaired) electrons. The highest BCUT2D eigenvalue weighted by Gasteiger charge is 2.14. The molecule has 1 heterocycles. The van der Waals surface area contributed by atoms with Crippen LogP contribution < -0.4 is 0 Å². The normalized spacial score (nSPS) is 11.1. The number of halogens is 4. The maximum absolute atomic E-state index is 6.29. The standard InChI is InChI=1S/C15H8BrCl3N2/c1-7-2-4-11(18)12-13(7)20-15(21-14(12)19)9-6-8(16)3-5-10(9)17/h2-6H,1H3. The van der Waals surface area contributed by atoms with E-state index in [0.717, 1.165) is 15.6 Å². The van der Waals surface area contributed by atoms with Crippen molar-refractivity contribution < 1.29 is 0 Å². The lowest BCUT2D eigenvalue weighted by molar-refractivity contribution is 1.22. The van der Waals surface area contributed by atoms with Gasteiger partial charge in [0.1, 0.15) is 5.15 Å². The number of hydrogen-bond donors (Lipinski definition) is 0. The molecule has 0 saturated heterocycles. The van der Waals surface area contributed by atoms with Gasteiger partial charge in [-0.25, -0.2) is 9.97 Å². The van der Waals surface area contributed by atoms with Gasteiger partial charge < -0.3 is 0 Å². The Bertz CT molecular complexity index is 865. The average molecular weight is 403 g/mol. The predicted molar refractivity (Wildman–Crippen MR) is 92.4 cm³/mol. The van der Waals surface area contributed by atoms with Crippen LogP contribution in [0.4, 0.5) is 0 Å². The summed E-state index contributed by atoms with van der Waals surface area (Å²) >= 11 is 22.1. The average Bonchev–Trinajstić information content (AvgIpc) is 2.45. The van der Waals surface area contributed by atoms with E-state index in [9.17, 15) is 0 Å². The first-order valence-corrected chi connectivity index (χ1v) is 7.98. The van der Waals surface area contributed by atoms with Crippen LogP contribution in [0.1, 0.15) is 5.56 Å². The van der Waals surface area contributed by atoms with Crippen molar-refractivity contribution in [3.8, 4) is 11.4 Å². The molecular weight excluding hydrogens is 394 g/mol. The molecule has 21 heavy (non-hydrogen) atoms. The molecule has 3 rings (SSSR count). The van der Waals surface area contributed by atoms with Crippen LogP contribution >= 0.6 is 50.7 Å². The fraction of sp³-hybridized carbons (Fsp3) is 0.0667. The monoisotopic (exact) mass is 400 g/mol. The summed E-state index contributed by atoms with van der Waals surface area (Å²) in [5.41, 5.74) is 2.42. The van der Waals surface area contributed by atoms with E-state index >= 15 is 0 Å². The summed E-state index contributed by atoms with van der Waals surface area (Å²) in [6.07, 6.45) is 0. The first-order valence-electron chi connectivity index (χ1n) is 6.05. The zero-order valence-corrected chi connectivity index (χ0v) is 14.6. The third-order valence-electron chi connectivity index (χ3n) is 3.13. The second-order valence-electron chi connectivity index (χ2n) is 4.55. The molecule has 0 unspecified atom stereocenters. The number of benzene rings is 2. The molecule has 0 aliphatic heterocycles. The Labute approximate surface area is 145 Å². The van der Waals surface area contributed by atoms with E-state index in [1.54, 1.807) is 12.1 Å². The van der Waals surface area contributed by atoms with Gasteiger partial charge in [-0.2, -0.15) is 0 Å². The Balaban J connectivity index is 2.35. The number of aromatic nitrogens is 2. The molecule has 0 bridgehead atoms. The van der Waals surface area contributed by atoms with Crippen molar-refractivity contribution in [3.63, 3.8) is 0 Å². The minimum absolute atomic E-state index is 0.319. The van der Waals surface area contributed by atoms with Crippen molar-refractivity contribution >= 4 is 61.6 Å². The van der Waals surface area contributed by atoms with Crippen molar-refractivity contribution in [2.75, 3.05) is 0 Å². The van der Waals surface area contributed by atoms with Crippen LogP contribution in [0.25, 0.3) is 22.3 Å². The summed E-state index contributed by atoms with van der Waals surface area (Å²) in [5, 5.41) is 2.08. The quantitative estimate of drug-likeness (QED) is 0.445. The molecule has 6 heteroatoms. The third-order valence-corrected chi connectivity index (χ3v) is 4.54. The molecule has 0 aliphatic rings. The summed E-state index contributed by atoms with van der Waals surface area (Å²) in [7, 11) is 0. The number of hydrogen-bond acceptors (Lipinski definition) is 2. The van der Waals surface area contributed by atoms with E-state index in [1.807, 2.05) is 25.1 Å². The smallest absolute Gasteiger partial charge is 0.163 e. The molecule has 0 saturated carbocycles. The van der Waals surface area contributed by atoms with Crippen LogP contribution in [0, 0.1) is 6.92 Å². The van der Waals surface area contributed by atoms with E-state index in [4.69, 9.17) is 34.8 Å². The Morgan fingerprint density at radius 1 is 0.952 bits per heavy atom. The van der Waals surface area contributed by atoms with E-state index in [1.165, 1.54) is 0 Å². The fourth-order valence-corrected chi connectivity index (χ4v) is 3.20. The van der Waals surface area contributed by atoms with Gasteiger partial charge in [0.05, 0.1) is 20.9 Å². The lowest BCUT2D eigenvalue weighted by Crippen LogP contribution is -1.95. The minimum Gasteiger partial charge on any atom is -0.227 e. The van der Waals surface area contributed by atoms with Gasteiger partial charge in [0.15, 0.2) is 5.82 Å². The molecule has 2 nitrogen and oxygen atoms in total. The van der Waals surface area contributed by atoms with Gasteiger partial charge in [-0.15, -0.1) is 0 Å². The van der Waals surface area contributed by atoms with Crippen LogP contribution in [0.2, 0.25) is 15.2 Å². The molecule has 2 aromatic carbocycles. The lowest BCUT2D eigenvalue weighted by atomic mass is 10.1. The molecule has 0 fully saturated rings. The van der Waals surface area contributed by atoms with E-state index in [-0.39, 0.29) is 0 Å². The van der Waals surface area contributed by atoms with Gasteiger partial charge in [0.25, 0.3) is 0 Å². The Kier molecular flexibility index (Phi) is 4.10. The molecular formula is C15H8BrCl3N2. The van der Waals surface area contributed by atoms with Crippen molar-refractivity contribution in [1.29, 1.82) is 0 Å². The van der Waals surface area contributed by atoms with Crippen LogP contribution in [0.3, 0.4) is 0 Å². The van der Waals surface area contributed by atoms with Crippen molar-refractivity contribution in [2.45, 2.75) is 6.92 Å². The molecule has 0 amide bonds. The van der Waals surface area contributed by atoms with Gasteiger partial charge in [-0.1, -0.05) is 56.8 Å². The van der Waals surface area contributed by atoms with Crippen LogP contribution in [-0.2, 0) is 0 Å². The molecule has 0 spiro atoms. The van der Waals surface area contributed by atoms with Crippen LogP contribution in [0.15, 0.2) is 34.8 Å². The molecule has 3 aromatic rings. The number of nitrogens with zero attached hydrogens (tertiary/aromatic N) is 2. The summed E-state index contributed by atoms with van der Waals surface area (Å²) in [6.45, 7) is 1.95. The highest BCUT2D eigenvalue weighted by molar-refractivity contribution is 9.10. The predicted octanol–water partition coefficient (Wildman–Crippen LogP) is 6.33. The Morgan fingerprint density at radius 2 is 1.67 bits per heavy atom. The van der Waals surface area contributed by atoms with E-state index in [2.05, 4.69) is 25.9 Å². The lowest BCUT2D eigenvalue weighted by Gasteiger charge is -2.09. The summed E-state index contributed by atoms with van der Waals surface area (Å²) in [6, 6.07) is 9.20. The van der Waals surface area contributed by atoms with Gasteiger partial charge in [-0.3, -0.25) is 0 Å². The van der Waals surface area contributed by atoms with Crippen molar-refractivity contribution in [1.82, 2.24) is 9.97 Å².